The van der Waals surface area contributed by atoms with Crippen molar-refractivity contribution in [2.45, 2.75) is 20.0 Å². The van der Waals surface area contributed by atoms with Crippen molar-refractivity contribution in [2.75, 3.05) is 5.32 Å². The normalized spacial score (nSPS) is 11.0. The molecule has 4 aromatic rings. The van der Waals surface area contributed by atoms with Gasteiger partial charge in [-0.15, -0.1) is 0 Å². The van der Waals surface area contributed by atoms with Gasteiger partial charge in [-0.1, -0.05) is 41.4 Å². The van der Waals surface area contributed by atoms with Gasteiger partial charge in [0.2, 0.25) is 0 Å². The fourth-order valence-electron chi connectivity index (χ4n) is 3.21. The molecule has 0 aliphatic rings. The number of fused-ring (bicyclic) bond motifs is 1. The van der Waals surface area contributed by atoms with E-state index in [2.05, 4.69) is 25.7 Å². The summed E-state index contributed by atoms with van der Waals surface area (Å²) in [6, 6.07) is 10.1. The molecule has 1 amide bonds. The van der Waals surface area contributed by atoms with Gasteiger partial charge in [-0.25, -0.2) is 14.4 Å². The zero-order valence-electron chi connectivity index (χ0n) is 17.3. The average molecular weight is 473 g/mol. The summed E-state index contributed by atoms with van der Waals surface area (Å²) in [5.74, 6) is -0.285. The fraction of sp³-hybridized carbons (Fsp3) is 0.182. The molecule has 0 atom stereocenters. The maximum Gasteiger partial charge on any atom is 0.272 e. The number of rotatable bonds is 6. The number of aromatic nitrogens is 4. The largest absolute Gasteiger partial charge is 0.364 e. The van der Waals surface area contributed by atoms with Gasteiger partial charge in [-0.05, 0) is 41.8 Å². The van der Waals surface area contributed by atoms with Crippen LogP contribution in [0.25, 0.3) is 11.0 Å². The van der Waals surface area contributed by atoms with Gasteiger partial charge in [-0.3, -0.25) is 9.48 Å². The van der Waals surface area contributed by atoms with Gasteiger partial charge in [0.25, 0.3) is 5.91 Å². The Labute approximate surface area is 193 Å². The predicted octanol–water partition coefficient (Wildman–Crippen LogP) is 4.66. The number of benzene rings is 2. The highest BCUT2D eigenvalue weighted by atomic mass is 35.5. The monoisotopic (exact) mass is 472 g/mol. The van der Waals surface area contributed by atoms with Gasteiger partial charge >= 0.3 is 0 Å². The summed E-state index contributed by atoms with van der Waals surface area (Å²) >= 11 is 12.0. The van der Waals surface area contributed by atoms with Crippen molar-refractivity contribution in [1.29, 1.82) is 0 Å². The van der Waals surface area contributed by atoms with E-state index in [4.69, 9.17) is 23.2 Å². The molecular weight excluding hydrogens is 454 g/mol. The van der Waals surface area contributed by atoms with Crippen LogP contribution in [0.1, 0.15) is 27.2 Å². The van der Waals surface area contributed by atoms with Crippen molar-refractivity contribution >= 4 is 46.0 Å². The smallest absolute Gasteiger partial charge is 0.272 e. The molecule has 0 bridgehead atoms. The Hall–Kier alpha value is -3.23. The molecule has 0 saturated heterocycles. The first kappa shape index (κ1) is 22.0. The summed E-state index contributed by atoms with van der Waals surface area (Å²) < 4.78 is 14.9. The zero-order valence-corrected chi connectivity index (χ0v) is 18.8. The Morgan fingerprint density at radius 2 is 1.75 bits per heavy atom. The van der Waals surface area contributed by atoms with E-state index < -0.39 is 11.7 Å². The minimum absolute atomic E-state index is 0.00326. The number of nitrogens with zero attached hydrogens (tertiary/aromatic N) is 4. The molecule has 0 unspecified atom stereocenters. The summed E-state index contributed by atoms with van der Waals surface area (Å²) in [6.45, 7) is 2.62. The maximum atomic E-state index is 13.3. The van der Waals surface area contributed by atoms with Crippen LogP contribution in [0.15, 0.2) is 42.7 Å². The minimum atomic E-state index is -0.513. The van der Waals surface area contributed by atoms with Gasteiger partial charge in [0.05, 0.1) is 5.02 Å². The van der Waals surface area contributed by atoms with E-state index in [0.29, 0.717) is 34.0 Å². The zero-order chi connectivity index (χ0) is 22.8. The van der Waals surface area contributed by atoms with Crippen LogP contribution < -0.4 is 10.6 Å². The molecule has 0 aliphatic heterocycles. The molecule has 0 aliphatic carbocycles. The van der Waals surface area contributed by atoms with Crippen LogP contribution in [-0.4, -0.2) is 25.7 Å². The third kappa shape index (κ3) is 4.51. The molecule has 7 nitrogen and oxygen atoms in total. The highest BCUT2D eigenvalue weighted by Gasteiger charge is 2.19. The molecular formula is C22H19Cl2FN6O. The van der Waals surface area contributed by atoms with E-state index in [1.807, 2.05) is 25.1 Å². The van der Waals surface area contributed by atoms with Gasteiger partial charge in [0.15, 0.2) is 11.5 Å². The van der Waals surface area contributed by atoms with Gasteiger partial charge < -0.3 is 10.6 Å². The number of nitrogens with one attached hydrogen (secondary N) is 2. The van der Waals surface area contributed by atoms with E-state index in [1.165, 1.54) is 18.5 Å². The van der Waals surface area contributed by atoms with Crippen molar-refractivity contribution in [3.8, 4) is 0 Å². The molecule has 0 radical (unpaired) electrons. The lowest BCUT2D eigenvalue weighted by atomic mass is 10.1. The van der Waals surface area contributed by atoms with Crippen molar-refractivity contribution in [3.63, 3.8) is 0 Å². The predicted molar refractivity (Wildman–Crippen MR) is 122 cm³/mol. The molecule has 10 heteroatoms. The Kier molecular flexibility index (Phi) is 6.25. The molecule has 0 spiro atoms. The summed E-state index contributed by atoms with van der Waals surface area (Å²) in [4.78, 5) is 21.2. The number of halogens is 3. The van der Waals surface area contributed by atoms with E-state index in [-0.39, 0.29) is 17.3 Å². The number of hydrogen-bond acceptors (Lipinski definition) is 5. The third-order valence-corrected chi connectivity index (χ3v) is 5.67. The molecule has 2 heterocycles. The number of carbonyl (C=O) groups is 1. The molecule has 2 aromatic heterocycles. The minimum Gasteiger partial charge on any atom is -0.364 e. The number of anilines is 1. The van der Waals surface area contributed by atoms with Crippen LogP contribution in [0.4, 0.5) is 10.2 Å². The van der Waals surface area contributed by atoms with Gasteiger partial charge in [-0.2, -0.15) is 5.10 Å². The summed E-state index contributed by atoms with van der Waals surface area (Å²) in [5, 5.41) is 11.2. The lowest BCUT2D eigenvalue weighted by molar-refractivity contribution is 0.0947. The Morgan fingerprint density at radius 1 is 1.03 bits per heavy atom. The highest BCUT2D eigenvalue weighted by Crippen LogP contribution is 2.24. The van der Waals surface area contributed by atoms with E-state index in [9.17, 15) is 9.18 Å². The number of carbonyl (C=O) groups excluding carboxylic acids is 1. The highest BCUT2D eigenvalue weighted by molar-refractivity contribution is 6.31. The molecule has 2 aromatic carbocycles. The van der Waals surface area contributed by atoms with Crippen molar-refractivity contribution in [1.82, 2.24) is 25.1 Å². The average Bonchev–Trinajstić information content (AvgIpc) is 3.10. The molecule has 0 saturated carbocycles. The van der Waals surface area contributed by atoms with Gasteiger partial charge in [0, 0.05) is 25.2 Å². The standard InChI is InChI=1S/C22H19Cl2FN6O/c1-12-3-4-13(7-15(12)23)9-26-21-19-18(30-31(21)2)20(29-11-28-19)22(32)27-10-14-5-6-17(25)16(24)8-14/h3-8,11,26H,9-10H2,1-2H3,(H,27,32). The van der Waals surface area contributed by atoms with E-state index in [1.54, 1.807) is 17.8 Å². The second kappa shape index (κ2) is 9.10. The Bertz CT molecular complexity index is 1320. The Balaban J connectivity index is 1.53. The maximum absolute atomic E-state index is 13.3. The topological polar surface area (TPSA) is 84.7 Å². The fourth-order valence-corrected chi connectivity index (χ4v) is 3.62. The molecule has 0 fully saturated rings. The van der Waals surface area contributed by atoms with E-state index >= 15 is 0 Å². The Morgan fingerprint density at radius 3 is 2.50 bits per heavy atom. The van der Waals surface area contributed by atoms with E-state index in [0.717, 1.165) is 11.1 Å². The lowest BCUT2D eigenvalue weighted by Crippen LogP contribution is -2.24. The summed E-state index contributed by atoms with van der Waals surface area (Å²) in [7, 11) is 1.76. The van der Waals surface area contributed by atoms with Crippen LogP contribution >= 0.6 is 23.2 Å². The molecule has 2 N–H and O–H groups in total. The first-order valence-corrected chi connectivity index (χ1v) is 10.5. The van der Waals surface area contributed by atoms with Crippen LogP contribution in [0.5, 0.6) is 0 Å². The van der Waals surface area contributed by atoms with Crippen LogP contribution in [-0.2, 0) is 20.1 Å². The summed E-state index contributed by atoms with van der Waals surface area (Å²) in [6.07, 6.45) is 1.32. The van der Waals surface area contributed by atoms with Crippen LogP contribution in [0.3, 0.4) is 0 Å². The van der Waals surface area contributed by atoms with Crippen molar-refractivity contribution in [2.24, 2.45) is 7.05 Å². The molecule has 4 rings (SSSR count). The quantitative estimate of drug-likeness (QED) is 0.426. The summed E-state index contributed by atoms with van der Waals surface area (Å²) in [5.41, 5.74) is 3.71. The first-order chi connectivity index (χ1) is 15.3. The lowest BCUT2D eigenvalue weighted by Gasteiger charge is -2.08. The first-order valence-electron chi connectivity index (χ1n) is 9.72. The third-order valence-electron chi connectivity index (χ3n) is 4.97. The molecule has 32 heavy (non-hydrogen) atoms. The van der Waals surface area contributed by atoms with Crippen molar-refractivity contribution in [3.05, 3.63) is 81.0 Å². The number of hydrogen-bond donors (Lipinski definition) is 2. The number of aryl methyl sites for hydroxylation is 2. The second-order valence-electron chi connectivity index (χ2n) is 7.26. The number of amides is 1. The van der Waals surface area contributed by atoms with Crippen molar-refractivity contribution < 1.29 is 9.18 Å². The SMILES string of the molecule is Cc1ccc(CNc2c3ncnc(C(=O)NCc4ccc(F)c(Cl)c4)c3nn2C)cc1Cl. The van der Waals surface area contributed by atoms with Gasteiger partial charge in [0.1, 0.15) is 23.2 Å². The van der Waals surface area contributed by atoms with Crippen LogP contribution in [0, 0.1) is 12.7 Å². The van der Waals surface area contributed by atoms with Crippen LogP contribution in [0.2, 0.25) is 10.0 Å². The second-order valence-corrected chi connectivity index (χ2v) is 8.07. The molecule has 164 valence electrons.